The fourth-order valence-electron chi connectivity index (χ4n) is 2.45. The number of ketones is 1. The van der Waals surface area contributed by atoms with Crippen molar-refractivity contribution in [2.24, 2.45) is 0 Å². The Morgan fingerprint density at radius 2 is 1.90 bits per heavy atom. The van der Waals surface area contributed by atoms with Crippen molar-refractivity contribution in [3.8, 4) is 23.0 Å². The number of phenols is 2. The number of aromatic hydroxyl groups is 2. The molecule has 108 valence electrons. The zero-order valence-electron chi connectivity index (χ0n) is 11.4. The number of hydrogen-bond acceptors (Lipinski definition) is 5. The van der Waals surface area contributed by atoms with Gasteiger partial charge in [-0.25, -0.2) is 0 Å². The van der Waals surface area contributed by atoms with Crippen LogP contribution in [0.25, 0.3) is 0 Å². The van der Waals surface area contributed by atoms with Crippen LogP contribution in [-0.2, 0) is 0 Å². The highest BCUT2D eigenvalue weighted by Crippen LogP contribution is 2.47. The Morgan fingerprint density at radius 3 is 2.57 bits per heavy atom. The van der Waals surface area contributed by atoms with Crippen molar-refractivity contribution in [1.82, 2.24) is 0 Å². The van der Waals surface area contributed by atoms with Gasteiger partial charge in [0.2, 0.25) is 5.75 Å². The third-order valence-electron chi connectivity index (χ3n) is 3.51. The average molecular weight is 286 g/mol. The summed E-state index contributed by atoms with van der Waals surface area (Å²) in [5.74, 6) is -0.951. The number of phenolic OH excluding ortho intramolecular Hbond substituents is 2. The zero-order chi connectivity index (χ0) is 15.0. The van der Waals surface area contributed by atoms with Gasteiger partial charge in [0.25, 0.3) is 0 Å². The lowest BCUT2D eigenvalue weighted by Gasteiger charge is -2.26. The highest BCUT2D eigenvalue weighted by Gasteiger charge is 2.32. The number of ether oxygens (including phenoxy) is 2. The lowest BCUT2D eigenvalue weighted by molar-refractivity contribution is 0.0843. The summed E-state index contributed by atoms with van der Waals surface area (Å²) in [6.45, 7) is 0. The molecule has 0 fully saturated rings. The molecule has 2 aromatic carbocycles. The van der Waals surface area contributed by atoms with Crippen LogP contribution >= 0.6 is 0 Å². The molecule has 1 aliphatic heterocycles. The average Bonchev–Trinajstić information content (AvgIpc) is 2.51. The fourth-order valence-corrected chi connectivity index (χ4v) is 2.45. The first-order valence-corrected chi connectivity index (χ1v) is 6.49. The van der Waals surface area contributed by atoms with E-state index >= 15 is 0 Å². The number of rotatable bonds is 2. The smallest absolute Gasteiger partial charge is 0.201 e. The Bertz CT molecular complexity index is 694. The Balaban J connectivity index is 2.06. The lowest BCUT2D eigenvalue weighted by Crippen LogP contribution is -2.20. The summed E-state index contributed by atoms with van der Waals surface area (Å²) in [6, 6.07) is 10.8. The van der Waals surface area contributed by atoms with E-state index in [1.54, 1.807) is 0 Å². The molecule has 21 heavy (non-hydrogen) atoms. The zero-order valence-corrected chi connectivity index (χ0v) is 11.4. The number of carbonyl (C=O) groups is 1. The van der Waals surface area contributed by atoms with E-state index in [1.165, 1.54) is 13.2 Å². The van der Waals surface area contributed by atoms with Crippen LogP contribution < -0.4 is 9.47 Å². The second-order valence-corrected chi connectivity index (χ2v) is 4.79. The van der Waals surface area contributed by atoms with Gasteiger partial charge >= 0.3 is 0 Å². The first-order valence-electron chi connectivity index (χ1n) is 6.49. The Hall–Kier alpha value is -2.69. The molecular weight excluding hydrogens is 272 g/mol. The van der Waals surface area contributed by atoms with E-state index in [4.69, 9.17) is 9.47 Å². The van der Waals surface area contributed by atoms with Crippen LogP contribution in [0, 0.1) is 0 Å². The lowest BCUT2D eigenvalue weighted by atomic mass is 9.95. The molecule has 1 heterocycles. The van der Waals surface area contributed by atoms with E-state index in [2.05, 4.69) is 0 Å². The molecule has 1 unspecified atom stereocenters. The van der Waals surface area contributed by atoms with Gasteiger partial charge in [0, 0.05) is 6.07 Å². The van der Waals surface area contributed by atoms with Crippen LogP contribution in [0.3, 0.4) is 0 Å². The van der Waals surface area contributed by atoms with Gasteiger partial charge in [-0.3, -0.25) is 4.79 Å². The van der Waals surface area contributed by atoms with Crippen molar-refractivity contribution in [1.29, 1.82) is 0 Å². The van der Waals surface area contributed by atoms with Gasteiger partial charge in [0.1, 0.15) is 17.4 Å². The van der Waals surface area contributed by atoms with Gasteiger partial charge in [-0.15, -0.1) is 0 Å². The topological polar surface area (TPSA) is 76.0 Å². The van der Waals surface area contributed by atoms with Crippen molar-refractivity contribution >= 4 is 5.78 Å². The molecule has 1 aliphatic rings. The minimum absolute atomic E-state index is 0.000445. The maximum absolute atomic E-state index is 12.3. The third kappa shape index (κ3) is 2.16. The largest absolute Gasteiger partial charge is 0.504 e. The van der Waals surface area contributed by atoms with Gasteiger partial charge in [0.15, 0.2) is 17.3 Å². The molecule has 2 N–H and O–H groups in total. The first-order chi connectivity index (χ1) is 10.1. The number of carbonyl (C=O) groups excluding carboxylic acids is 1. The van der Waals surface area contributed by atoms with E-state index in [9.17, 15) is 15.0 Å². The Morgan fingerprint density at radius 1 is 1.19 bits per heavy atom. The maximum Gasteiger partial charge on any atom is 0.201 e. The molecule has 3 rings (SSSR count). The second-order valence-electron chi connectivity index (χ2n) is 4.79. The summed E-state index contributed by atoms with van der Waals surface area (Å²) in [5.41, 5.74) is 0.878. The summed E-state index contributed by atoms with van der Waals surface area (Å²) in [4.78, 5) is 12.3. The predicted octanol–water partition coefficient (Wildman–Crippen LogP) is 2.81. The molecule has 1 atom stereocenters. The SMILES string of the molecule is COc1cc2c(c(O)c1O)C(=O)CC(c1ccccc1)O2. The van der Waals surface area contributed by atoms with Crippen molar-refractivity contribution < 1.29 is 24.5 Å². The Labute approximate surface area is 121 Å². The van der Waals surface area contributed by atoms with Crippen LogP contribution in [0.4, 0.5) is 0 Å². The Kier molecular flexibility index (Phi) is 3.17. The summed E-state index contributed by atoms with van der Waals surface area (Å²) in [6.07, 6.45) is -0.309. The van der Waals surface area contributed by atoms with Crippen molar-refractivity contribution in [3.63, 3.8) is 0 Å². The molecule has 0 amide bonds. The van der Waals surface area contributed by atoms with Gasteiger partial charge in [-0.2, -0.15) is 0 Å². The minimum atomic E-state index is -0.499. The monoisotopic (exact) mass is 286 g/mol. The molecule has 0 saturated carbocycles. The van der Waals surface area contributed by atoms with Crippen LogP contribution in [0.15, 0.2) is 36.4 Å². The standard InChI is InChI=1S/C16H14O5/c1-20-13-8-12-14(16(19)15(13)18)10(17)7-11(21-12)9-5-3-2-4-6-9/h2-6,8,11,18-19H,7H2,1H3. The van der Waals surface area contributed by atoms with Crippen LogP contribution in [0.1, 0.15) is 28.4 Å². The molecule has 0 bridgehead atoms. The van der Waals surface area contributed by atoms with Gasteiger partial charge in [-0.1, -0.05) is 30.3 Å². The normalized spacial score (nSPS) is 17.0. The van der Waals surface area contributed by atoms with E-state index in [-0.39, 0.29) is 29.3 Å². The molecular formula is C16H14O5. The van der Waals surface area contributed by atoms with Gasteiger partial charge in [-0.05, 0) is 5.56 Å². The summed E-state index contributed by atoms with van der Waals surface area (Å²) in [7, 11) is 1.36. The van der Waals surface area contributed by atoms with E-state index in [1.807, 2.05) is 30.3 Å². The molecule has 0 saturated heterocycles. The third-order valence-corrected chi connectivity index (χ3v) is 3.51. The number of benzene rings is 2. The number of fused-ring (bicyclic) bond motifs is 1. The van der Waals surface area contributed by atoms with Crippen molar-refractivity contribution in [3.05, 3.63) is 47.5 Å². The first kappa shape index (κ1) is 13.3. The molecule has 5 nitrogen and oxygen atoms in total. The molecule has 5 heteroatoms. The van der Waals surface area contributed by atoms with E-state index in [0.29, 0.717) is 0 Å². The fraction of sp³-hybridized carbons (Fsp3) is 0.188. The molecule has 0 radical (unpaired) electrons. The van der Waals surface area contributed by atoms with Crippen LogP contribution in [0.2, 0.25) is 0 Å². The van der Waals surface area contributed by atoms with E-state index < -0.39 is 17.6 Å². The summed E-state index contributed by atoms with van der Waals surface area (Å²) in [5, 5.41) is 19.7. The molecule has 2 aromatic rings. The predicted molar refractivity (Wildman–Crippen MR) is 75.1 cm³/mol. The minimum Gasteiger partial charge on any atom is -0.504 e. The molecule has 0 aliphatic carbocycles. The highest BCUT2D eigenvalue weighted by atomic mass is 16.5. The van der Waals surface area contributed by atoms with Gasteiger partial charge < -0.3 is 19.7 Å². The summed E-state index contributed by atoms with van der Waals surface area (Å²) >= 11 is 0. The van der Waals surface area contributed by atoms with Gasteiger partial charge in [0.05, 0.1) is 13.5 Å². The van der Waals surface area contributed by atoms with E-state index in [0.717, 1.165) is 5.56 Å². The highest BCUT2D eigenvalue weighted by molar-refractivity contribution is 6.03. The quantitative estimate of drug-likeness (QED) is 0.830. The summed E-state index contributed by atoms with van der Waals surface area (Å²) < 4.78 is 10.8. The van der Waals surface area contributed by atoms with Crippen LogP contribution in [-0.4, -0.2) is 23.1 Å². The van der Waals surface area contributed by atoms with Crippen molar-refractivity contribution in [2.75, 3.05) is 7.11 Å². The molecule has 0 spiro atoms. The number of methoxy groups -OCH3 is 1. The second kappa shape index (κ2) is 5.01. The number of hydrogen-bond donors (Lipinski definition) is 2. The molecule has 0 aromatic heterocycles. The maximum atomic E-state index is 12.3. The van der Waals surface area contributed by atoms with Crippen LogP contribution in [0.5, 0.6) is 23.0 Å². The number of Topliss-reactive ketones (excluding diaryl/α,β-unsaturated/α-hetero) is 1. The van der Waals surface area contributed by atoms with Crippen molar-refractivity contribution in [2.45, 2.75) is 12.5 Å².